The van der Waals surface area contributed by atoms with Crippen molar-refractivity contribution in [2.45, 2.75) is 6.18 Å². The third-order valence-corrected chi connectivity index (χ3v) is 4.63. The highest BCUT2D eigenvalue weighted by Gasteiger charge is 2.30. The minimum Gasteiger partial charge on any atom is -0.455 e. The van der Waals surface area contributed by atoms with E-state index in [-0.39, 0.29) is 27.7 Å². The van der Waals surface area contributed by atoms with Gasteiger partial charge in [0.25, 0.3) is 5.91 Å². The number of hydrogen-bond donors (Lipinski definition) is 1. The van der Waals surface area contributed by atoms with Crippen LogP contribution in [0.25, 0.3) is 11.3 Å². The Bertz CT molecular complexity index is 1050. The van der Waals surface area contributed by atoms with Crippen LogP contribution in [0.4, 0.5) is 13.2 Å². The van der Waals surface area contributed by atoms with Gasteiger partial charge < -0.3 is 4.42 Å². The van der Waals surface area contributed by atoms with Gasteiger partial charge in [-0.1, -0.05) is 23.7 Å². The van der Waals surface area contributed by atoms with Crippen molar-refractivity contribution in [1.82, 2.24) is 5.43 Å². The molecule has 0 saturated heterocycles. The third-order valence-electron chi connectivity index (χ3n) is 3.63. The van der Waals surface area contributed by atoms with Gasteiger partial charge in [-0.15, -0.1) is 0 Å². The second kappa shape index (κ2) is 8.36. The summed E-state index contributed by atoms with van der Waals surface area (Å²) in [5, 5.41) is 4.08. The number of amides is 1. The van der Waals surface area contributed by atoms with Gasteiger partial charge in [0.05, 0.1) is 22.4 Å². The Labute approximate surface area is 176 Å². The molecule has 0 aliphatic heterocycles. The standard InChI is InChI=1S/C19H11ClF3IN2O2/c20-16-6-4-13(24)9-15(16)18(27)26-25-10-14-5-7-17(28-14)11-2-1-3-12(8-11)19(21,22)23/h1-10H,(H,26,27)/b25-10+. The van der Waals surface area contributed by atoms with Crippen molar-refractivity contribution in [2.24, 2.45) is 5.10 Å². The normalized spacial score (nSPS) is 11.8. The van der Waals surface area contributed by atoms with E-state index in [0.29, 0.717) is 0 Å². The molecule has 4 nitrogen and oxygen atoms in total. The molecule has 1 heterocycles. The maximum atomic E-state index is 12.8. The van der Waals surface area contributed by atoms with Crippen LogP contribution >= 0.6 is 34.2 Å². The van der Waals surface area contributed by atoms with Crippen LogP contribution in [0.15, 0.2) is 64.1 Å². The molecule has 0 bridgehead atoms. The summed E-state index contributed by atoms with van der Waals surface area (Å²) in [6.45, 7) is 0. The van der Waals surface area contributed by atoms with Crippen molar-refractivity contribution in [3.63, 3.8) is 0 Å². The van der Waals surface area contributed by atoms with Crippen molar-refractivity contribution < 1.29 is 22.4 Å². The number of furan rings is 1. The van der Waals surface area contributed by atoms with Crippen molar-refractivity contribution in [2.75, 3.05) is 0 Å². The molecule has 28 heavy (non-hydrogen) atoms. The molecule has 2 aromatic carbocycles. The van der Waals surface area contributed by atoms with Crippen LogP contribution in [-0.2, 0) is 6.18 Å². The maximum Gasteiger partial charge on any atom is 0.416 e. The summed E-state index contributed by atoms with van der Waals surface area (Å²) in [4.78, 5) is 12.1. The van der Waals surface area contributed by atoms with Crippen LogP contribution in [0.5, 0.6) is 0 Å². The predicted octanol–water partition coefficient (Wildman–Crippen LogP) is 5.99. The molecule has 0 fully saturated rings. The predicted molar refractivity (Wildman–Crippen MR) is 108 cm³/mol. The first-order valence-corrected chi connectivity index (χ1v) is 9.25. The Morgan fingerprint density at radius 1 is 1.14 bits per heavy atom. The summed E-state index contributed by atoms with van der Waals surface area (Å²) in [7, 11) is 0. The number of benzene rings is 2. The highest BCUT2D eigenvalue weighted by Crippen LogP contribution is 2.32. The first-order chi connectivity index (χ1) is 13.2. The summed E-state index contributed by atoms with van der Waals surface area (Å²) in [5.74, 6) is 0.0189. The van der Waals surface area contributed by atoms with Gasteiger partial charge in [-0.05, 0) is 65.1 Å². The van der Waals surface area contributed by atoms with Crippen LogP contribution in [0.2, 0.25) is 5.02 Å². The second-order valence-electron chi connectivity index (χ2n) is 5.60. The number of nitrogens with zero attached hydrogens (tertiary/aromatic N) is 1. The number of rotatable bonds is 4. The van der Waals surface area contributed by atoms with Gasteiger partial charge in [-0.2, -0.15) is 18.3 Å². The van der Waals surface area contributed by atoms with Gasteiger partial charge in [-0.25, -0.2) is 5.43 Å². The zero-order chi connectivity index (χ0) is 20.3. The smallest absolute Gasteiger partial charge is 0.416 e. The highest BCUT2D eigenvalue weighted by molar-refractivity contribution is 14.1. The van der Waals surface area contributed by atoms with Gasteiger partial charge in [0.1, 0.15) is 11.5 Å². The first-order valence-electron chi connectivity index (χ1n) is 7.80. The topological polar surface area (TPSA) is 54.6 Å². The molecule has 144 valence electrons. The number of alkyl halides is 3. The summed E-state index contributed by atoms with van der Waals surface area (Å²) in [6.07, 6.45) is -3.19. The number of nitrogens with one attached hydrogen (secondary N) is 1. The van der Waals surface area contributed by atoms with E-state index in [1.807, 2.05) is 0 Å². The summed E-state index contributed by atoms with van der Waals surface area (Å²) < 4.78 is 44.8. The van der Waals surface area contributed by atoms with Gasteiger partial charge >= 0.3 is 6.18 Å². The Hall–Kier alpha value is -2.33. The Morgan fingerprint density at radius 3 is 2.68 bits per heavy atom. The SMILES string of the molecule is O=C(N/N=C/c1ccc(-c2cccc(C(F)(F)F)c2)o1)c1cc(I)ccc1Cl. The molecule has 0 saturated carbocycles. The quantitative estimate of drug-likeness (QED) is 0.262. The molecule has 0 atom stereocenters. The fourth-order valence-corrected chi connectivity index (χ4v) is 3.01. The van der Waals surface area contributed by atoms with Crippen LogP contribution in [0.3, 0.4) is 0 Å². The molecule has 1 aromatic heterocycles. The number of halogens is 5. The minimum atomic E-state index is -4.44. The molecule has 3 rings (SSSR count). The number of carbonyl (C=O) groups excluding carboxylic acids is 1. The lowest BCUT2D eigenvalue weighted by molar-refractivity contribution is -0.137. The van der Waals surface area contributed by atoms with E-state index in [0.717, 1.165) is 15.7 Å². The van der Waals surface area contributed by atoms with E-state index in [4.69, 9.17) is 16.0 Å². The first kappa shape index (κ1) is 20.4. The lowest BCUT2D eigenvalue weighted by Crippen LogP contribution is -2.18. The summed E-state index contributed by atoms with van der Waals surface area (Å²) >= 11 is 8.04. The van der Waals surface area contributed by atoms with E-state index in [1.54, 1.807) is 18.2 Å². The lowest BCUT2D eigenvalue weighted by atomic mass is 10.1. The number of carbonyl (C=O) groups is 1. The molecule has 1 amide bonds. The van der Waals surface area contributed by atoms with Crippen LogP contribution < -0.4 is 5.43 Å². The van der Waals surface area contributed by atoms with Gasteiger partial charge in [0.15, 0.2) is 0 Å². The average Bonchev–Trinajstić information content (AvgIpc) is 3.12. The Morgan fingerprint density at radius 2 is 1.93 bits per heavy atom. The molecule has 3 aromatic rings. The zero-order valence-electron chi connectivity index (χ0n) is 13.9. The molecule has 0 radical (unpaired) electrons. The van der Waals surface area contributed by atoms with E-state index >= 15 is 0 Å². The monoisotopic (exact) mass is 518 g/mol. The van der Waals surface area contributed by atoms with E-state index in [9.17, 15) is 18.0 Å². The zero-order valence-corrected chi connectivity index (χ0v) is 16.8. The molecule has 1 N–H and O–H groups in total. The number of hydrogen-bond acceptors (Lipinski definition) is 3. The van der Waals surface area contributed by atoms with Crippen molar-refractivity contribution in [1.29, 1.82) is 0 Å². The molecule has 0 aliphatic rings. The Kier molecular flexibility index (Phi) is 6.09. The molecule has 9 heteroatoms. The second-order valence-corrected chi connectivity index (χ2v) is 7.26. The fourth-order valence-electron chi connectivity index (χ4n) is 2.31. The molecular formula is C19H11ClF3IN2O2. The van der Waals surface area contributed by atoms with E-state index < -0.39 is 17.6 Å². The fraction of sp³-hybridized carbons (Fsp3) is 0.0526. The van der Waals surface area contributed by atoms with Gasteiger partial charge in [0, 0.05) is 9.13 Å². The lowest BCUT2D eigenvalue weighted by Gasteiger charge is -2.07. The van der Waals surface area contributed by atoms with Crippen LogP contribution in [0.1, 0.15) is 21.7 Å². The van der Waals surface area contributed by atoms with Crippen LogP contribution in [-0.4, -0.2) is 12.1 Å². The van der Waals surface area contributed by atoms with Gasteiger partial charge in [-0.3, -0.25) is 4.79 Å². The third kappa shape index (κ3) is 4.93. The van der Waals surface area contributed by atoms with Crippen molar-refractivity contribution in [3.05, 3.63) is 80.1 Å². The van der Waals surface area contributed by atoms with Crippen molar-refractivity contribution >= 4 is 46.3 Å². The number of hydrazone groups is 1. The molecule has 0 unspecified atom stereocenters. The van der Waals surface area contributed by atoms with Crippen LogP contribution in [0, 0.1) is 3.57 Å². The van der Waals surface area contributed by atoms with Crippen molar-refractivity contribution in [3.8, 4) is 11.3 Å². The minimum absolute atomic E-state index is 0.250. The van der Waals surface area contributed by atoms with E-state index in [2.05, 4.69) is 33.1 Å². The highest BCUT2D eigenvalue weighted by atomic mass is 127. The molecule has 0 spiro atoms. The summed E-state index contributed by atoms with van der Waals surface area (Å²) in [5.41, 5.74) is 2.12. The summed E-state index contributed by atoms with van der Waals surface area (Å²) in [6, 6.07) is 12.8. The van der Waals surface area contributed by atoms with Gasteiger partial charge in [0.2, 0.25) is 0 Å². The molecular weight excluding hydrogens is 508 g/mol. The van der Waals surface area contributed by atoms with E-state index in [1.165, 1.54) is 30.5 Å². The maximum absolute atomic E-state index is 12.8. The molecule has 0 aliphatic carbocycles. The Balaban J connectivity index is 1.71. The average molecular weight is 519 g/mol. The largest absolute Gasteiger partial charge is 0.455 e.